The molecule has 3 atom stereocenters. The van der Waals surface area contributed by atoms with Crippen molar-refractivity contribution in [1.82, 2.24) is 29.3 Å². The summed E-state index contributed by atoms with van der Waals surface area (Å²) in [6, 6.07) is 8.52. The number of nitrogens with one attached hydrogen (secondary N) is 1. The van der Waals surface area contributed by atoms with Crippen LogP contribution in [-0.2, 0) is 4.74 Å². The van der Waals surface area contributed by atoms with Gasteiger partial charge in [0.25, 0.3) is 0 Å². The minimum atomic E-state index is -0.763. The summed E-state index contributed by atoms with van der Waals surface area (Å²) in [5.41, 5.74) is 8.96. The maximum absolute atomic E-state index is 14.0. The number of aryl methyl sites for hydroxylation is 1. The van der Waals surface area contributed by atoms with Gasteiger partial charge in [0, 0.05) is 37.3 Å². The SMILES string of the molecule is CNc1nc2cc(OC[C@H]3O[C@@H](n4cc(-n5ccc(C)n5)c5c(N)ncnc54)C[C@@H]3O)ccc2cc1F. The summed E-state index contributed by atoms with van der Waals surface area (Å²) < 4.78 is 29.7. The van der Waals surface area contributed by atoms with E-state index in [9.17, 15) is 9.50 Å². The van der Waals surface area contributed by atoms with Crippen molar-refractivity contribution >= 4 is 33.6 Å². The summed E-state index contributed by atoms with van der Waals surface area (Å²) in [4.78, 5) is 12.9. The van der Waals surface area contributed by atoms with Crippen LogP contribution in [0.5, 0.6) is 5.75 Å². The summed E-state index contributed by atoms with van der Waals surface area (Å²) in [5.74, 6) is 0.607. The first-order valence-electron chi connectivity index (χ1n) is 11.8. The largest absolute Gasteiger partial charge is 0.491 e. The molecule has 0 saturated carbocycles. The van der Waals surface area contributed by atoms with Gasteiger partial charge in [-0.25, -0.2) is 24.0 Å². The normalized spacial score (nSPS) is 19.6. The van der Waals surface area contributed by atoms with Crippen LogP contribution in [0.4, 0.5) is 16.0 Å². The van der Waals surface area contributed by atoms with Gasteiger partial charge in [-0.1, -0.05) is 0 Å². The van der Waals surface area contributed by atoms with Gasteiger partial charge < -0.3 is 30.2 Å². The fourth-order valence-corrected chi connectivity index (χ4v) is 4.63. The third-order valence-corrected chi connectivity index (χ3v) is 6.50. The first kappa shape index (κ1) is 23.1. The molecule has 5 aromatic rings. The number of hydrogen-bond donors (Lipinski definition) is 3. The van der Waals surface area contributed by atoms with E-state index in [1.807, 2.05) is 30.0 Å². The maximum atomic E-state index is 14.0. The Morgan fingerprint density at radius 3 is 2.92 bits per heavy atom. The number of nitrogens with two attached hydrogens (primary N) is 1. The van der Waals surface area contributed by atoms with Gasteiger partial charge in [-0.3, -0.25) is 0 Å². The number of aliphatic hydroxyl groups excluding tert-OH is 1. The van der Waals surface area contributed by atoms with Crippen molar-refractivity contribution in [3.63, 3.8) is 0 Å². The van der Waals surface area contributed by atoms with E-state index in [4.69, 9.17) is 15.2 Å². The number of anilines is 2. The fraction of sp³-hybridized carbons (Fsp3) is 0.280. The van der Waals surface area contributed by atoms with Gasteiger partial charge in [-0.05, 0) is 31.2 Å². The predicted octanol–water partition coefficient (Wildman–Crippen LogP) is 2.96. The minimum Gasteiger partial charge on any atom is -0.491 e. The van der Waals surface area contributed by atoms with Crippen LogP contribution >= 0.6 is 0 Å². The van der Waals surface area contributed by atoms with Gasteiger partial charge in [0.05, 0.1) is 28.4 Å². The van der Waals surface area contributed by atoms with Gasteiger partial charge in [0.2, 0.25) is 0 Å². The van der Waals surface area contributed by atoms with Crippen LogP contribution in [-0.4, -0.2) is 60.3 Å². The van der Waals surface area contributed by atoms with Crippen molar-refractivity contribution in [3.8, 4) is 11.4 Å². The van der Waals surface area contributed by atoms with Crippen LogP contribution in [0.1, 0.15) is 18.3 Å². The summed E-state index contributed by atoms with van der Waals surface area (Å²) in [7, 11) is 1.61. The Morgan fingerprint density at radius 1 is 1.27 bits per heavy atom. The molecule has 4 aromatic heterocycles. The quantitative estimate of drug-likeness (QED) is 0.319. The molecule has 1 aliphatic heterocycles. The van der Waals surface area contributed by atoms with E-state index >= 15 is 0 Å². The second kappa shape index (κ2) is 8.98. The van der Waals surface area contributed by atoms with E-state index < -0.39 is 24.3 Å². The van der Waals surface area contributed by atoms with Crippen molar-refractivity contribution in [2.24, 2.45) is 0 Å². The van der Waals surface area contributed by atoms with Crippen LogP contribution in [0.25, 0.3) is 27.6 Å². The third kappa shape index (κ3) is 4.09. The summed E-state index contributed by atoms with van der Waals surface area (Å²) in [6.45, 7) is 2.02. The Bertz CT molecular complexity index is 1620. The molecule has 6 rings (SSSR count). The van der Waals surface area contributed by atoms with Gasteiger partial charge in [0.15, 0.2) is 11.6 Å². The van der Waals surface area contributed by atoms with Crippen molar-refractivity contribution in [2.75, 3.05) is 24.7 Å². The zero-order valence-corrected chi connectivity index (χ0v) is 20.2. The van der Waals surface area contributed by atoms with Gasteiger partial charge in [-0.2, -0.15) is 5.10 Å². The molecule has 1 fully saturated rings. The molecule has 0 amide bonds. The molecular weight excluding hydrogens is 479 g/mol. The first-order chi connectivity index (χ1) is 17.9. The molecule has 11 nitrogen and oxygen atoms in total. The Morgan fingerprint density at radius 2 is 2.14 bits per heavy atom. The van der Waals surface area contributed by atoms with Crippen molar-refractivity contribution in [2.45, 2.75) is 31.8 Å². The van der Waals surface area contributed by atoms with E-state index in [2.05, 4.69) is 25.4 Å². The van der Waals surface area contributed by atoms with Crippen LogP contribution < -0.4 is 15.8 Å². The van der Waals surface area contributed by atoms with Crippen LogP contribution in [0.15, 0.2) is 49.1 Å². The van der Waals surface area contributed by atoms with E-state index in [-0.39, 0.29) is 12.4 Å². The number of ether oxygens (including phenoxy) is 2. The molecule has 1 aromatic carbocycles. The molecule has 1 aliphatic rings. The highest BCUT2D eigenvalue weighted by Gasteiger charge is 2.37. The lowest BCUT2D eigenvalue weighted by atomic mass is 10.2. The number of rotatable bonds is 6. The maximum Gasteiger partial charge on any atom is 0.166 e. The molecule has 190 valence electrons. The smallest absolute Gasteiger partial charge is 0.166 e. The van der Waals surface area contributed by atoms with Crippen LogP contribution in [0.2, 0.25) is 0 Å². The second-order valence-electron chi connectivity index (χ2n) is 8.95. The van der Waals surface area contributed by atoms with Crippen LogP contribution in [0, 0.1) is 12.7 Å². The molecular formula is C25H25FN8O3. The number of pyridine rings is 1. The fourth-order valence-electron chi connectivity index (χ4n) is 4.63. The highest BCUT2D eigenvalue weighted by atomic mass is 19.1. The van der Waals surface area contributed by atoms with Gasteiger partial charge >= 0.3 is 0 Å². The molecule has 37 heavy (non-hydrogen) atoms. The van der Waals surface area contributed by atoms with E-state index in [0.29, 0.717) is 39.9 Å². The number of halogens is 1. The monoisotopic (exact) mass is 504 g/mol. The van der Waals surface area contributed by atoms with Crippen LogP contribution in [0.3, 0.4) is 0 Å². The zero-order valence-electron chi connectivity index (χ0n) is 20.2. The van der Waals surface area contributed by atoms with Crippen molar-refractivity contribution in [1.29, 1.82) is 0 Å². The number of fused-ring (bicyclic) bond motifs is 2. The molecule has 4 N–H and O–H groups in total. The topological polar surface area (TPSA) is 138 Å². The van der Waals surface area contributed by atoms with E-state index in [1.165, 1.54) is 12.4 Å². The van der Waals surface area contributed by atoms with Crippen molar-refractivity contribution in [3.05, 3.63) is 60.6 Å². The minimum absolute atomic E-state index is 0.116. The standard InChI is InChI=1S/C25H25FN8O3/c1-13-5-6-34(32-13)18-10-33(25-22(18)23(27)29-12-30-25)21-9-19(35)20(37-21)11-36-15-4-3-14-7-16(26)24(28-2)31-17(14)8-15/h3-8,10,12,19-21,35H,9,11H2,1-2H3,(H,28,31)(H2,27,29,30)/t19-,20+,21+/m0/s1. The highest BCUT2D eigenvalue weighted by Crippen LogP contribution is 2.36. The second-order valence-corrected chi connectivity index (χ2v) is 8.95. The van der Waals surface area contributed by atoms with E-state index in [0.717, 1.165) is 11.4 Å². The molecule has 12 heteroatoms. The average molecular weight is 505 g/mol. The molecule has 0 spiro atoms. The first-order valence-corrected chi connectivity index (χ1v) is 11.8. The lowest BCUT2D eigenvalue weighted by molar-refractivity contribution is -0.0379. The molecule has 1 saturated heterocycles. The van der Waals surface area contributed by atoms with Crippen molar-refractivity contribution < 1.29 is 19.0 Å². The third-order valence-electron chi connectivity index (χ3n) is 6.50. The Balaban J connectivity index is 1.23. The Kier molecular flexibility index (Phi) is 5.61. The number of hydrogen-bond acceptors (Lipinski definition) is 9. The molecule has 0 bridgehead atoms. The summed E-state index contributed by atoms with van der Waals surface area (Å²) in [6.07, 6.45) is 3.60. The molecule has 5 heterocycles. The number of aromatic nitrogens is 6. The van der Waals surface area contributed by atoms with Gasteiger partial charge in [0.1, 0.15) is 42.5 Å². The molecule has 0 radical (unpaired) electrons. The van der Waals surface area contributed by atoms with Gasteiger partial charge in [-0.15, -0.1) is 0 Å². The number of benzene rings is 1. The zero-order chi connectivity index (χ0) is 25.7. The summed E-state index contributed by atoms with van der Waals surface area (Å²) >= 11 is 0. The average Bonchev–Trinajstić information content (AvgIpc) is 3.59. The summed E-state index contributed by atoms with van der Waals surface area (Å²) in [5, 5.41) is 19.3. The number of nitrogens with zero attached hydrogens (tertiary/aromatic N) is 6. The van der Waals surface area contributed by atoms with E-state index in [1.54, 1.807) is 29.9 Å². The Hall–Kier alpha value is -4.29. The lowest BCUT2D eigenvalue weighted by Crippen LogP contribution is -2.28. The predicted molar refractivity (Wildman–Crippen MR) is 135 cm³/mol. The molecule has 0 unspecified atom stereocenters. The Labute approximate surface area is 210 Å². The molecule has 0 aliphatic carbocycles. The lowest BCUT2D eigenvalue weighted by Gasteiger charge is -2.17. The number of aliphatic hydroxyl groups is 1. The highest BCUT2D eigenvalue weighted by molar-refractivity contribution is 5.94. The number of nitrogen functional groups attached to an aromatic ring is 1.